The lowest BCUT2D eigenvalue weighted by Crippen LogP contribution is -2.30. The van der Waals surface area contributed by atoms with E-state index >= 15 is 0 Å². The molecule has 152 valence electrons. The lowest BCUT2D eigenvalue weighted by molar-refractivity contribution is -0.142. The number of rotatable bonds is 6. The monoisotopic (exact) mass is 514 g/mol. The number of hydrogen-bond acceptors (Lipinski definition) is 2. The number of hydrogen-bond donors (Lipinski definition) is 2. The maximum absolute atomic E-state index is 13.1. The lowest BCUT2D eigenvalue weighted by atomic mass is 10.2. The highest BCUT2D eigenvalue weighted by molar-refractivity contribution is 9.10. The molecule has 0 spiro atoms. The average Bonchev–Trinajstić information content (AvgIpc) is 3.33. The molecule has 1 heterocycles. The third kappa shape index (κ3) is 5.52. The van der Waals surface area contributed by atoms with Crippen molar-refractivity contribution in [1.29, 1.82) is 0 Å². The van der Waals surface area contributed by atoms with Crippen LogP contribution in [0, 0.1) is 0 Å². The van der Waals surface area contributed by atoms with E-state index in [9.17, 15) is 13.2 Å². The minimum atomic E-state index is -4.48. The third-order valence-electron chi connectivity index (χ3n) is 4.12. The van der Waals surface area contributed by atoms with E-state index in [1.54, 1.807) is 18.2 Å². The number of aromatic nitrogens is 2. The Labute approximate surface area is 183 Å². The van der Waals surface area contributed by atoms with Gasteiger partial charge in [-0.3, -0.25) is 4.68 Å². The molecule has 1 aromatic carbocycles. The molecule has 1 aromatic heterocycles. The Bertz CT molecular complexity index is 864. The van der Waals surface area contributed by atoms with E-state index < -0.39 is 11.9 Å². The molecule has 1 aliphatic rings. The topological polar surface area (TPSA) is 41.9 Å². The van der Waals surface area contributed by atoms with Crippen molar-refractivity contribution >= 4 is 62.1 Å². The van der Waals surface area contributed by atoms with E-state index in [2.05, 4.69) is 31.7 Å². The molecule has 1 aliphatic carbocycles. The van der Waals surface area contributed by atoms with Crippen LogP contribution < -0.4 is 10.6 Å². The third-order valence-corrected chi connectivity index (χ3v) is 5.58. The molecule has 0 amide bonds. The second kappa shape index (κ2) is 8.77. The second-order valence-electron chi connectivity index (χ2n) is 6.44. The molecule has 1 fully saturated rings. The Morgan fingerprint density at radius 1 is 1.25 bits per heavy atom. The zero-order chi connectivity index (χ0) is 20.5. The van der Waals surface area contributed by atoms with Gasteiger partial charge in [-0.1, -0.05) is 23.2 Å². The highest BCUT2D eigenvalue weighted by Gasteiger charge is 2.41. The smallest absolute Gasteiger partial charge is 0.362 e. The second-order valence-corrected chi connectivity index (χ2v) is 8.51. The average molecular weight is 516 g/mol. The molecule has 3 rings (SSSR count). The first-order valence-corrected chi connectivity index (χ1v) is 10.4. The van der Waals surface area contributed by atoms with Crippen molar-refractivity contribution in [3.8, 4) is 0 Å². The van der Waals surface area contributed by atoms with Crippen LogP contribution in [-0.4, -0.2) is 21.4 Å². The van der Waals surface area contributed by atoms with Crippen LogP contribution in [0.3, 0.4) is 0 Å². The van der Waals surface area contributed by atoms with Gasteiger partial charge >= 0.3 is 6.18 Å². The largest absolute Gasteiger partial charge is 0.436 e. The minimum absolute atomic E-state index is 0.0606. The fourth-order valence-electron chi connectivity index (χ4n) is 2.78. The van der Waals surface area contributed by atoms with Crippen LogP contribution in [-0.2, 0) is 12.7 Å². The summed E-state index contributed by atoms with van der Waals surface area (Å²) in [5, 5.41) is 11.1. The Balaban J connectivity index is 1.54. The highest BCUT2D eigenvalue weighted by Crippen LogP contribution is 2.47. The number of nitrogens with one attached hydrogen (secondary N) is 2. The number of anilines is 1. The van der Waals surface area contributed by atoms with Gasteiger partial charge in [0.15, 0.2) is 10.8 Å². The molecular weight excluding hydrogens is 500 g/mol. The zero-order valence-corrected chi connectivity index (χ0v) is 18.3. The first-order valence-electron chi connectivity index (χ1n) is 8.49. The van der Waals surface area contributed by atoms with Crippen molar-refractivity contribution in [3.05, 3.63) is 44.1 Å². The zero-order valence-electron chi connectivity index (χ0n) is 14.4. The van der Waals surface area contributed by atoms with Crippen LogP contribution in [0.2, 0.25) is 10.0 Å². The van der Waals surface area contributed by atoms with E-state index in [4.69, 9.17) is 35.4 Å². The first-order chi connectivity index (χ1) is 13.1. The molecule has 4 nitrogen and oxygen atoms in total. The Kier molecular flexibility index (Phi) is 6.79. The van der Waals surface area contributed by atoms with Crippen LogP contribution in [0.25, 0.3) is 0 Å². The number of aryl methyl sites for hydroxylation is 1. The van der Waals surface area contributed by atoms with Gasteiger partial charge in [0, 0.05) is 34.7 Å². The van der Waals surface area contributed by atoms with E-state index in [1.165, 1.54) is 4.68 Å². The molecule has 2 N–H and O–H groups in total. The first kappa shape index (κ1) is 21.7. The van der Waals surface area contributed by atoms with Gasteiger partial charge in [0.05, 0.1) is 10.2 Å². The molecular formula is C17H16BrCl2F3N4S. The molecule has 0 radical (unpaired) electrons. The quantitative estimate of drug-likeness (QED) is 0.353. The molecule has 1 saturated carbocycles. The van der Waals surface area contributed by atoms with Gasteiger partial charge < -0.3 is 10.6 Å². The van der Waals surface area contributed by atoms with Gasteiger partial charge in [-0.2, -0.15) is 18.3 Å². The molecule has 2 aromatic rings. The molecule has 28 heavy (non-hydrogen) atoms. The van der Waals surface area contributed by atoms with E-state index in [-0.39, 0.29) is 10.4 Å². The summed E-state index contributed by atoms with van der Waals surface area (Å²) in [4.78, 5) is 0. The molecule has 0 atom stereocenters. The normalized spacial score (nSPS) is 14.2. The summed E-state index contributed by atoms with van der Waals surface area (Å²) in [5.74, 6) is 0.140. The summed E-state index contributed by atoms with van der Waals surface area (Å²) >= 11 is 20.2. The standard InChI is InChI=1S/C17H16BrCl2F3N4S/c18-13-14(9-2-3-9)27(26-15(13)17(21,22)23)5-1-4-24-16(28)25-12-7-10(19)6-11(20)8-12/h6-9H,1-5H2,(H2,24,25,28). The lowest BCUT2D eigenvalue weighted by Gasteiger charge is -2.12. The SMILES string of the molecule is FC(F)(F)c1nn(CCCNC(=S)Nc2cc(Cl)cc(Cl)c2)c(C2CC2)c1Br. The maximum atomic E-state index is 13.1. The van der Waals surface area contributed by atoms with Crippen LogP contribution in [0.1, 0.15) is 36.6 Å². The molecule has 0 bridgehead atoms. The Hall–Kier alpha value is -1.03. The molecule has 0 unspecified atom stereocenters. The molecule has 11 heteroatoms. The summed E-state index contributed by atoms with van der Waals surface area (Å²) in [6, 6.07) is 4.98. The predicted octanol–water partition coefficient (Wildman–Crippen LogP) is 6.23. The number of alkyl halides is 3. The molecule has 0 saturated heterocycles. The fourth-order valence-corrected chi connectivity index (χ4v) is 4.36. The van der Waals surface area contributed by atoms with Crippen LogP contribution in [0.4, 0.5) is 18.9 Å². The number of halogens is 6. The van der Waals surface area contributed by atoms with Crippen LogP contribution in [0.5, 0.6) is 0 Å². The minimum Gasteiger partial charge on any atom is -0.362 e. The van der Waals surface area contributed by atoms with Crippen molar-refractivity contribution in [3.63, 3.8) is 0 Å². The highest BCUT2D eigenvalue weighted by atomic mass is 79.9. The summed E-state index contributed by atoms with van der Waals surface area (Å²) in [6.07, 6.45) is -2.15. The van der Waals surface area contributed by atoms with Crippen molar-refractivity contribution in [2.75, 3.05) is 11.9 Å². The summed E-state index contributed by atoms with van der Waals surface area (Å²) < 4.78 is 40.9. The summed E-state index contributed by atoms with van der Waals surface area (Å²) in [7, 11) is 0. The van der Waals surface area contributed by atoms with Crippen molar-refractivity contribution in [2.45, 2.75) is 37.9 Å². The van der Waals surface area contributed by atoms with Gasteiger partial charge in [0.1, 0.15) is 0 Å². The predicted molar refractivity (Wildman–Crippen MR) is 112 cm³/mol. The van der Waals surface area contributed by atoms with Gasteiger partial charge in [-0.25, -0.2) is 0 Å². The van der Waals surface area contributed by atoms with Crippen LogP contribution in [0.15, 0.2) is 22.7 Å². The van der Waals surface area contributed by atoms with Gasteiger partial charge in [-0.05, 0) is 65.6 Å². The number of benzene rings is 1. The van der Waals surface area contributed by atoms with E-state index in [0.29, 0.717) is 46.0 Å². The number of nitrogens with zero attached hydrogens (tertiary/aromatic N) is 2. The summed E-state index contributed by atoms with van der Waals surface area (Å²) in [5.41, 5.74) is 0.413. The Morgan fingerprint density at radius 3 is 2.46 bits per heavy atom. The van der Waals surface area contributed by atoms with E-state index in [1.807, 2.05) is 0 Å². The maximum Gasteiger partial charge on any atom is 0.436 e. The van der Waals surface area contributed by atoms with Gasteiger partial charge in [0.25, 0.3) is 0 Å². The Morgan fingerprint density at radius 2 is 1.89 bits per heavy atom. The summed E-state index contributed by atoms with van der Waals surface area (Å²) in [6.45, 7) is 0.836. The van der Waals surface area contributed by atoms with E-state index in [0.717, 1.165) is 12.8 Å². The van der Waals surface area contributed by atoms with Gasteiger partial charge in [0.2, 0.25) is 0 Å². The molecule has 0 aliphatic heterocycles. The van der Waals surface area contributed by atoms with Crippen molar-refractivity contribution in [2.24, 2.45) is 0 Å². The van der Waals surface area contributed by atoms with Gasteiger partial charge in [-0.15, -0.1) is 0 Å². The fraction of sp³-hybridized carbons (Fsp3) is 0.412. The number of thiocarbonyl (C=S) groups is 1. The van der Waals surface area contributed by atoms with Crippen molar-refractivity contribution < 1.29 is 13.2 Å². The van der Waals surface area contributed by atoms with Crippen LogP contribution >= 0.6 is 51.3 Å². The van der Waals surface area contributed by atoms with Crippen molar-refractivity contribution in [1.82, 2.24) is 15.1 Å².